The largest absolute Gasteiger partial charge is 0.317 e. The molecule has 0 fully saturated rings. The highest BCUT2D eigenvalue weighted by Gasteiger charge is 2.26. The van der Waals surface area contributed by atoms with Crippen LogP contribution in [0.5, 0.6) is 0 Å². The molecule has 124 valence electrons. The minimum atomic E-state index is 0.809. The van der Waals surface area contributed by atoms with Crippen LogP contribution >= 0.6 is 0 Å². The molecule has 0 spiro atoms. The first kappa shape index (κ1) is 20.4. The molecule has 0 aliphatic carbocycles. The fourth-order valence-corrected chi connectivity index (χ4v) is 3.39. The van der Waals surface area contributed by atoms with Gasteiger partial charge in [0.2, 0.25) is 0 Å². The Morgan fingerprint density at radius 2 is 1.43 bits per heavy atom. The van der Waals surface area contributed by atoms with Crippen LogP contribution in [0.2, 0.25) is 0 Å². The van der Waals surface area contributed by atoms with Gasteiger partial charge in [-0.25, -0.2) is 0 Å². The van der Waals surface area contributed by atoms with Gasteiger partial charge in [0, 0.05) is 5.92 Å². The molecule has 0 aromatic heterocycles. The molecule has 1 atom stereocenters. The molecule has 0 rings (SSSR count). The summed E-state index contributed by atoms with van der Waals surface area (Å²) < 4.78 is 1.16. The molecule has 0 aliphatic heterocycles. The Bertz CT molecular complexity index is 247. The minimum Gasteiger partial charge on any atom is -0.317 e. The maximum Gasteiger partial charge on any atom is 0.0973 e. The zero-order valence-corrected chi connectivity index (χ0v) is 15.1. The highest BCUT2D eigenvalue weighted by molar-refractivity contribution is 4.73. The van der Waals surface area contributed by atoms with Gasteiger partial charge in [-0.2, -0.15) is 0 Å². The Morgan fingerprint density at radius 1 is 0.857 bits per heavy atom. The average Bonchev–Trinajstić information content (AvgIpc) is 2.45. The van der Waals surface area contributed by atoms with Crippen molar-refractivity contribution in [2.24, 2.45) is 5.92 Å². The molecule has 0 aromatic carbocycles. The van der Waals surface area contributed by atoms with Crippen molar-refractivity contribution in [3.8, 4) is 0 Å². The summed E-state index contributed by atoms with van der Waals surface area (Å²) in [4.78, 5) is 0. The fraction of sp³-hybridized carbons (Fsp3) is 0.800. The molecule has 1 nitrogen and oxygen atoms in total. The standard InChI is InChI=1S/C20H40N/c1-6-10-12-13-14-15-20(5)19-21(16-8-3,17-9-4)18-11-7-2/h8-9,20H,3-4,6-7,10-19H2,1-2,5H3/q+1. The van der Waals surface area contributed by atoms with E-state index in [1.165, 1.54) is 64.5 Å². The van der Waals surface area contributed by atoms with E-state index in [-0.39, 0.29) is 0 Å². The molecule has 0 radical (unpaired) electrons. The number of rotatable bonds is 15. The predicted molar refractivity (Wildman–Crippen MR) is 97.6 cm³/mol. The van der Waals surface area contributed by atoms with Crippen LogP contribution in [-0.4, -0.2) is 30.7 Å². The van der Waals surface area contributed by atoms with E-state index in [2.05, 4.69) is 46.1 Å². The van der Waals surface area contributed by atoms with Gasteiger partial charge >= 0.3 is 0 Å². The third kappa shape index (κ3) is 9.90. The number of hydrogen-bond donors (Lipinski definition) is 0. The van der Waals surface area contributed by atoms with E-state index in [0.717, 1.165) is 23.5 Å². The van der Waals surface area contributed by atoms with Crippen molar-refractivity contribution in [3.05, 3.63) is 25.3 Å². The fourth-order valence-electron chi connectivity index (χ4n) is 3.39. The Morgan fingerprint density at radius 3 is 1.95 bits per heavy atom. The van der Waals surface area contributed by atoms with Gasteiger partial charge in [0.05, 0.1) is 26.2 Å². The van der Waals surface area contributed by atoms with E-state index in [1.807, 2.05) is 0 Å². The molecule has 0 aromatic rings. The van der Waals surface area contributed by atoms with Crippen LogP contribution < -0.4 is 0 Å². The van der Waals surface area contributed by atoms with Crippen molar-refractivity contribution in [1.82, 2.24) is 0 Å². The zero-order valence-electron chi connectivity index (χ0n) is 15.1. The molecule has 0 bridgehead atoms. The Hall–Kier alpha value is -0.560. The van der Waals surface area contributed by atoms with Crippen molar-refractivity contribution in [2.75, 3.05) is 26.2 Å². The molecule has 21 heavy (non-hydrogen) atoms. The van der Waals surface area contributed by atoms with Crippen molar-refractivity contribution in [2.45, 2.75) is 72.1 Å². The number of hydrogen-bond acceptors (Lipinski definition) is 0. The summed E-state index contributed by atoms with van der Waals surface area (Å²) in [6, 6.07) is 0. The van der Waals surface area contributed by atoms with Crippen molar-refractivity contribution in [3.63, 3.8) is 0 Å². The van der Waals surface area contributed by atoms with Crippen LogP contribution in [-0.2, 0) is 0 Å². The molecule has 0 saturated carbocycles. The van der Waals surface area contributed by atoms with Crippen molar-refractivity contribution in [1.29, 1.82) is 0 Å². The van der Waals surface area contributed by atoms with E-state index < -0.39 is 0 Å². The first-order valence-electron chi connectivity index (χ1n) is 9.21. The minimum absolute atomic E-state index is 0.809. The second kappa shape index (κ2) is 13.1. The van der Waals surface area contributed by atoms with E-state index in [9.17, 15) is 0 Å². The third-order valence-corrected chi connectivity index (χ3v) is 4.52. The number of unbranched alkanes of at least 4 members (excludes halogenated alkanes) is 5. The third-order valence-electron chi connectivity index (χ3n) is 4.52. The molecule has 0 aliphatic rings. The monoisotopic (exact) mass is 294 g/mol. The molecule has 0 saturated heterocycles. The topological polar surface area (TPSA) is 0 Å². The van der Waals surface area contributed by atoms with Crippen LogP contribution in [0.1, 0.15) is 72.1 Å². The van der Waals surface area contributed by atoms with Gasteiger partial charge in [0.15, 0.2) is 0 Å². The van der Waals surface area contributed by atoms with Crippen LogP contribution in [0.25, 0.3) is 0 Å². The van der Waals surface area contributed by atoms with Gasteiger partial charge in [-0.15, -0.1) is 0 Å². The van der Waals surface area contributed by atoms with Gasteiger partial charge in [-0.3, -0.25) is 0 Å². The summed E-state index contributed by atoms with van der Waals surface area (Å²) >= 11 is 0. The summed E-state index contributed by atoms with van der Waals surface area (Å²) in [5.41, 5.74) is 0. The first-order valence-corrected chi connectivity index (χ1v) is 9.21. The maximum atomic E-state index is 3.99. The summed E-state index contributed by atoms with van der Waals surface area (Å²) in [5.74, 6) is 0.809. The molecule has 0 heterocycles. The van der Waals surface area contributed by atoms with Crippen molar-refractivity contribution < 1.29 is 4.48 Å². The lowest BCUT2D eigenvalue weighted by Crippen LogP contribution is -2.51. The Kier molecular flexibility index (Phi) is 12.8. The summed E-state index contributed by atoms with van der Waals surface area (Å²) in [6.45, 7) is 19.7. The SMILES string of the molecule is C=CC[N+](CC=C)(CCCC)CC(C)CCCCCCC. The van der Waals surface area contributed by atoms with E-state index in [1.54, 1.807) is 0 Å². The van der Waals surface area contributed by atoms with Crippen molar-refractivity contribution >= 4 is 0 Å². The highest BCUT2D eigenvalue weighted by atomic mass is 15.3. The second-order valence-corrected chi connectivity index (χ2v) is 6.85. The highest BCUT2D eigenvalue weighted by Crippen LogP contribution is 2.19. The first-order chi connectivity index (χ1) is 10.1. The van der Waals surface area contributed by atoms with Crippen LogP contribution in [0.15, 0.2) is 25.3 Å². The normalized spacial score (nSPS) is 13.1. The van der Waals surface area contributed by atoms with Crippen LogP contribution in [0, 0.1) is 5.92 Å². The van der Waals surface area contributed by atoms with Gasteiger partial charge in [-0.1, -0.05) is 72.5 Å². The molecule has 0 N–H and O–H groups in total. The molecular formula is C20H40N+. The number of quaternary nitrogens is 1. The average molecular weight is 295 g/mol. The second-order valence-electron chi connectivity index (χ2n) is 6.85. The quantitative estimate of drug-likeness (QED) is 0.198. The Labute approximate surface area is 134 Å². The van der Waals surface area contributed by atoms with Gasteiger partial charge in [0.1, 0.15) is 0 Å². The predicted octanol–water partition coefficient (Wildman–Crippen LogP) is 5.97. The molecule has 0 amide bonds. The van der Waals surface area contributed by atoms with Gasteiger partial charge in [-0.05, 0) is 25.0 Å². The lowest BCUT2D eigenvalue weighted by atomic mass is 10.00. The van der Waals surface area contributed by atoms with Gasteiger partial charge < -0.3 is 4.48 Å². The molecule has 1 heteroatoms. The maximum absolute atomic E-state index is 3.99. The van der Waals surface area contributed by atoms with E-state index in [4.69, 9.17) is 0 Å². The van der Waals surface area contributed by atoms with E-state index in [0.29, 0.717) is 0 Å². The van der Waals surface area contributed by atoms with Crippen LogP contribution in [0.3, 0.4) is 0 Å². The Balaban J connectivity index is 4.33. The lowest BCUT2D eigenvalue weighted by Gasteiger charge is -2.39. The lowest BCUT2D eigenvalue weighted by molar-refractivity contribution is -0.920. The molecular weight excluding hydrogens is 254 g/mol. The van der Waals surface area contributed by atoms with E-state index >= 15 is 0 Å². The smallest absolute Gasteiger partial charge is 0.0973 e. The zero-order chi connectivity index (χ0) is 16.0. The van der Waals surface area contributed by atoms with Gasteiger partial charge in [0.25, 0.3) is 0 Å². The summed E-state index contributed by atoms with van der Waals surface area (Å²) in [6.07, 6.45) is 15.1. The number of nitrogens with zero attached hydrogens (tertiary/aromatic N) is 1. The van der Waals surface area contributed by atoms with Crippen LogP contribution in [0.4, 0.5) is 0 Å². The summed E-state index contributed by atoms with van der Waals surface area (Å²) in [5, 5.41) is 0. The summed E-state index contributed by atoms with van der Waals surface area (Å²) in [7, 11) is 0. The molecule has 1 unspecified atom stereocenters.